The Hall–Kier alpha value is -1.55. The van der Waals surface area contributed by atoms with E-state index in [4.69, 9.17) is 4.42 Å². The molecule has 0 fully saturated rings. The highest BCUT2D eigenvalue weighted by Gasteiger charge is 2.16. The fourth-order valence-corrected chi connectivity index (χ4v) is 2.18. The number of nitrogens with zero attached hydrogens (tertiary/aromatic N) is 2. The molecule has 1 unspecified atom stereocenters. The topological polar surface area (TPSA) is 43.0 Å². The van der Waals surface area contributed by atoms with Crippen LogP contribution in [0.15, 0.2) is 22.9 Å². The number of aromatic nitrogens is 2. The molecule has 1 N–H and O–H groups in total. The maximum Gasteiger partial charge on any atom is 0.105 e. The molecule has 92 valence electrons. The molecule has 4 nitrogen and oxygen atoms in total. The van der Waals surface area contributed by atoms with E-state index in [1.165, 1.54) is 11.1 Å². The quantitative estimate of drug-likeness (QED) is 0.879. The maximum atomic E-state index is 5.58. The van der Waals surface area contributed by atoms with Crippen molar-refractivity contribution in [3.8, 4) is 0 Å². The molecular weight excluding hydrogens is 214 g/mol. The number of hydrogen-bond acceptors (Lipinski definition) is 3. The van der Waals surface area contributed by atoms with Crippen LogP contribution in [-0.4, -0.2) is 16.8 Å². The van der Waals surface area contributed by atoms with Gasteiger partial charge in [-0.05, 0) is 38.9 Å². The van der Waals surface area contributed by atoms with Crippen LogP contribution in [0.5, 0.6) is 0 Å². The molecule has 0 amide bonds. The molecule has 0 saturated carbocycles. The van der Waals surface area contributed by atoms with E-state index in [-0.39, 0.29) is 6.04 Å². The Labute approximate surface area is 102 Å². The van der Waals surface area contributed by atoms with Crippen LogP contribution in [0.1, 0.15) is 28.7 Å². The number of likely N-dealkylation sites (N-methyl/N-ethyl adjacent to an activating group) is 1. The second-order valence-corrected chi connectivity index (χ2v) is 4.44. The summed E-state index contributed by atoms with van der Waals surface area (Å²) in [6, 6.07) is 2.38. The third kappa shape index (κ3) is 2.58. The van der Waals surface area contributed by atoms with Gasteiger partial charge in [-0.15, -0.1) is 0 Å². The minimum Gasteiger partial charge on any atom is -0.466 e. The number of hydrogen-bond donors (Lipinski definition) is 1. The molecule has 2 aromatic rings. The van der Waals surface area contributed by atoms with Gasteiger partial charge in [-0.3, -0.25) is 4.68 Å². The van der Waals surface area contributed by atoms with E-state index in [1.807, 2.05) is 45.0 Å². The number of rotatable bonds is 4. The second-order valence-electron chi connectivity index (χ2n) is 4.44. The van der Waals surface area contributed by atoms with Gasteiger partial charge >= 0.3 is 0 Å². The Bertz CT molecular complexity index is 498. The van der Waals surface area contributed by atoms with E-state index in [0.29, 0.717) is 0 Å². The van der Waals surface area contributed by atoms with Crippen molar-refractivity contribution < 1.29 is 4.42 Å². The normalized spacial score (nSPS) is 12.9. The van der Waals surface area contributed by atoms with Crippen LogP contribution in [0.25, 0.3) is 0 Å². The van der Waals surface area contributed by atoms with Crippen molar-refractivity contribution >= 4 is 0 Å². The lowest BCUT2D eigenvalue weighted by Crippen LogP contribution is -2.18. The number of furan rings is 1. The summed E-state index contributed by atoms with van der Waals surface area (Å²) >= 11 is 0. The smallest absolute Gasteiger partial charge is 0.105 e. The van der Waals surface area contributed by atoms with Gasteiger partial charge in [-0.25, -0.2) is 0 Å². The van der Waals surface area contributed by atoms with E-state index >= 15 is 0 Å². The lowest BCUT2D eigenvalue weighted by atomic mass is 10.0. The lowest BCUT2D eigenvalue weighted by molar-refractivity contribution is 0.490. The molecule has 0 bridgehead atoms. The Morgan fingerprint density at radius 2 is 2.24 bits per heavy atom. The minimum atomic E-state index is 0.275. The molecule has 2 aromatic heterocycles. The zero-order valence-electron chi connectivity index (χ0n) is 10.8. The SMILES string of the molecule is CNC(Cc1cnn(C)c1)c1cc(C)oc1C. The van der Waals surface area contributed by atoms with Crippen LogP contribution in [0, 0.1) is 13.8 Å². The maximum absolute atomic E-state index is 5.58. The van der Waals surface area contributed by atoms with Gasteiger partial charge < -0.3 is 9.73 Å². The van der Waals surface area contributed by atoms with E-state index in [9.17, 15) is 0 Å². The van der Waals surface area contributed by atoms with Crippen molar-refractivity contribution in [2.45, 2.75) is 26.3 Å². The Morgan fingerprint density at radius 1 is 1.47 bits per heavy atom. The van der Waals surface area contributed by atoms with E-state index in [2.05, 4.69) is 16.5 Å². The zero-order chi connectivity index (χ0) is 12.4. The summed E-state index contributed by atoms with van der Waals surface area (Å²) in [5, 5.41) is 7.52. The van der Waals surface area contributed by atoms with Crippen LogP contribution < -0.4 is 5.32 Å². The highest BCUT2D eigenvalue weighted by atomic mass is 16.3. The molecule has 0 aliphatic heterocycles. The summed E-state index contributed by atoms with van der Waals surface area (Å²) in [6.45, 7) is 3.99. The molecule has 0 aliphatic carbocycles. The van der Waals surface area contributed by atoms with E-state index < -0.39 is 0 Å². The molecule has 2 heterocycles. The fraction of sp³-hybridized carbons (Fsp3) is 0.462. The van der Waals surface area contributed by atoms with Crippen LogP contribution in [0.4, 0.5) is 0 Å². The highest BCUT2D eigenvalue weighted by Crippen LogP contribution is 2.24. The van der Waals surface area contributed by atoms with E-state index in [0.717, 1.165) is 17.9 Å². The average molecular weight is 233 g/mol. The van der Waals surface area contributed by atoms with Gasteiger partial charge in [0, 0.05) is 24.8 Å². The summed E-state index contributed by atoms with van der Waals surface area (Å²) in [4.78, 5) is 0. The molecule has 0 spiro atoms. The van der Waals surface area contributed by atoms with E-state index in [1.54, 1.807) is 0 Å². The van der Waals surface area contributed by atoms with Crippen LogP contribution in [-0.2, 0) is 13.5 Å². The van der Waals surface area contributed by atoms with Crippen molar-refractivity contribution in [3.63, 3.8) is 0 Å². The van der Waals surface area contributed by atoms with Crippen LogP contribution >= 0.6 is 0 Å². The number of aryl methyl sites for hydroxylation is 3. The summed E-state index contributed by atoms with van der Waals surface area (Å²) < 4.78 is 7.41. The van der Waals surface area contributed by atoms with Gasteiger partial charge in [-0.2, -0.15) is 5.10 Å². The predicted octanol–water partition coefficient (Wildman–Crippen LogP) is 2.13. The van der Waals surface area contributed by atoms with Crippen LogP contribution in [0.2, 0.25) is 0 Å². The average Bonchev–Trinajstić information content (AvgIpc) is 2.82. The largest absolute Gasteiger partial charge is 0.466 e. The first-order valence-corrected chi connectivity index (χ1v) is 5.82. The van der Waals surface area contributed by atoms with Crippen molar-refractivity contribution in [2.24, 2.45) is 7.05 Å². The lowest BCUT2D eigenvalue weighted by Gasteiger charge is -2.14. The summed E-state index contributed by atoms with van der Waals surface area (Å²) in [5.74, 6) is 1.95. The second kappa shape index (κ2) is 4.75. The molecule has 0 aliphatic rings. The van der Waals surface area contributed by atoms with Crippen LogP contribution in [0.3, 0.4) is 0 Å². The first-order valence-electron chi connectivity index (χ1n) is 5.82. The predicted molar refractivity (Wildman–Crippen MR) is 66.9 cm³/mol. The third-order valence-electron chi connectivity index (χ3n) is 3.00. The summed E-state index contributed by atoms with van der Waals surface area (Å²) in [5.41, 5.74) is 2.46. The zero-order valence-corrected chi connectivity index (χ0v) is 10.8. The number of nitrogens with one attached hydrogen (secondary N) is 1. The Morgan fingerprint density at radius 3 is 2.71 bits per heavy atom. The molecule has 0 aromatic carbocycles. The molecule has 0 radical (unpaired) electrons. The van der Waals surface area contributed by atoms with Crippen molar-refractivity contribution in [1.82, 2.24) is 15.1 Å². The van der Waals surface area contributed by atoms with Gasteiger partial charge in [0.2, 0.25) is 0 Å². The van der Waals surface area contributed by atoms with Crippen molar-refractivity contribution in [2.75, 3.05) is 7.05 Å². The summed E-state index contributed by atoms with van der Waals surface area (Å²) in [6.07, 6.45) is 4.88. The van der Waals surface area contributed by atoms with Gasteiger partial charge in [0.15, 0.2) is 0 Å². The highest BCUT2D eigenvalue weighted by molar-refractivity contribution is 5.26. The minimum absolute atomic E-state index is 0.275. The first-order chi connectivity index (χ1) is 8.10. The molecular formula is C13H19N3O. The van der Waals surface area contributed by atoms with Gasteiger partial charge in [-0.1, -0.05) is 0 Å². The first kappa shape index (κ1) is 11.9. The van der Waals surface area contributed by atoms with Gasteiger partial charge in [0.25, 0.3) is 0 Å². The Balaban J connectivity index is 2.19. The fourth-order valence-electron chi connectivity index (χ4n) is 2.18. The molecule has 4 heteroatoms. The molecule has 17 heavy (non-hydrogen) atoms. The molecule has 2 rings (SSSR count). The van der Waals surface area contributed by atoms with Gasteiger partial charge in [0.1, 0.15) is 11.5 Å². The van der Waals surface area contributed by atoms with Gasteiger partial charge in [0.05, 0.1) is 6.20 Å². The standard InChI is InChI=1S/C13H19N3O/c1-9-5-12(10(2)17-9)13(14-3)6-11-7-15-16(4)8-11/h5,7-8,13-14H,6H2,1-4H3. The molecule has 1 atom stereocenters. The third-order valence-corrected chi connectivity index (χ3v) is 3.00. The molecule has 0 saturated heterocycles. The monoisotopic (exact) mass is 233 g/mol. The Kier molecular flexibility index (Phi) is 3.33. The van der Waals surface area contributed by atoms with Crippen molar-refractivity contribution in [3.05, 3.63) is 41.1 Å². The summed E-state index contributed by atoms with van der Waals surface area (Å²) in [7, 11) is 3.91. The van der Waals surface area contributed by atoms with Crippen molar-refractivity contribution in [1.29, 1.82) is 0 Å².